The van der Waals surface area contributed by atoms with Gasteiger partial charge in [0.05, 0.1) is 19.3 Å². The van der Waals surface area contributed by atoms with Crippen LogP contribution >= 0.6 is 0 Å². The highest BCUT2D eigenvalue weighted by Crippen LogP contribution is 2.07. The molecule has 0 aliphatic carbocycles. The summed E-state index contributed by atoms with van der Waals surface area (Å²) in [5, 5.41) is 6.57. The van der Waals surface area contributed by atoms with Crippen molar-refractivity contribution >= 4 is 5.96 Å². The monoisotopic (exact) mass is 278 g/mol. The van der Waals surface area contributed by atoms with Crippen LogP contribution in [-0.4, -0.2) is 31.1 Å². The molecular weight excluding hydrogens is 252 g/mol. The van der Waals surface area contributed by atoms with Gasteiger partial charge < -0.3 is 15.4 Å². The summed E-state index contributed by atoms with van der Waals surface area (Å²) in [6.07, 6.45) is 1.13. The Morgan fingerprint density at radius 3 is 2.80 bits per heavy atom. The minimum Gasteiger partial charge on any atom is -0.481 e. The molecular formula is C15H26N4O. The van der Waals surface area contributed by atoms with Crippen LogP contribution in [0.15, 0.2) is 23.2 Å². The molecule has 0 saturated carbocycles. The van der Waals surface area contributed by atoms with Crippen LogP contribution in [0.1, 0.15) is 32.9 Å². The molecule has 0 spiro atoms. The molecule has 1 aromatic rings. The minimum absolute atomic E-state index is 0.536. The number of rotatable bonds is 7. The number of nitrogens with one attached hydrogen (secondary N) is 2. The first-order chi connectivity index (χ1) is 9.65. The Morgan fingerprint density at radius 1 is 1.35 bits per heavy atom. The molecule has 0 saturated heterocycles. The zero-order chi connectivity index (χ0) is 14.8. The third-order valence-electron chi connectivity index (χ3n) is 2.75. The summed E-state index contributed by atoms with van der Waals surface area (Å²) in [5.74, 6) is 2.14. The van der Waals surface area contributed by atoms with E-state index >= 15 is 0 Å². The van der Waals surface area contributed by atoms with E-state index in [0.29, 0.717) is 18.3 Å². The second-order valence-corrected chi connectivity index (χ2v) is 4.98. The largest absolute Gasteiger partial charge is 0.481 e. The lowest BCUT2D eigenvalue weighted by atomic mass is 10.1. The van der Waals surface area contributed by atoms with Crippen molar-refractivity contribution in [1.29, 1.82) is 0 Å². The molecule has 1 rings (SSSR count). The van der Waals surface area contributed by atoms with E-state index in [1.807, 2.05) is 18.2 Å². The van der Waals surface area contributed by atoms with Crippen molar-refractivity contribution in [2.24, 2.45) is 10.9 Å². The smallest absolute Gasteiger partial charge is 0.213 e. The highest BCUT2D eigenvalue weighted by Gasteiger charge is 2.00. The first-order valence-electron chi connectivity index (χ1n) is 7.17. The van der Waals surface area contributed by atoms with E-state index in [-0.39, 0.29) is 0 Å². The lowest BCUT2D eigenvalue weighted by Gasteiger charge is -2.12. The molecule has 0 fully saturated rings. The van der Waals surface area contributed by atoms with E-state index in [2.05, 4.69) is 41.4 Å². The molecule has 0 radical (unpaired) electrons. The number of methoxy groups -OCH3 is 1. The van der Waals surface area contributed by atoms with Gasteiger partial charge in [-0.1, -0.05) is 19.9 Å². The molecule has 5 heteroatoms. The zero-order valence-corrected chi connectivity index (χ0v) is 12.9. The third kappa shape index (κ3) is 6.41. The van der Waals surface area contributed by atoms with Gasteiger partial charge in [-0.3, -0.25) is 0 Å². The predicted molar refractivity (Wildman–Crippen MR) is 83.1 cm³/mol. The predicted octanol–water partition coefficient (Wildman–Crippen LogP) is 2.19. The lowest BCUT2D eigenvalue weighted by Crippen LogP contribution is -2.38. The molecule has 0 unspecified atom stereocenters. The average molecular weight is 278 g/mol. The van der Waals surface area contributed by atoms with Gasteiger partial charge in [0, 0.05) is 19.2 Å². The number of aromatic nitrogens is 1. The van der Waals surface area contributed by atoms with Crippen molar-refractivity contribution < 1.29 is 4.74 Å². The van der Waals surface area contributed by atoms with Gasteiger partial charge in [-0.2, -0.15) is 0 Å². The Hall–Kier alpha value is -1.78. The fourth-order valence-corrected chi connectivity index (χ4v) is 1.64. The molecule has 0 bridgehead atoms. The van der Waals surface area contributed by atoms with E-state index in [0.717, 1.165) is 31.2 Å². The Balaban J connectivity index is 2.56. The van der Waals surface area contributed by atoms with Crippen LogP contribution in [-0.2, 0) is 6.54 Å². The van der Waals surface area contributed by atoms with Crippen molar-refractivity contribution in [3.63, 3.8) is 0 Å². The van der Waals surface area contributed by atoms with Gasteiger partial charge in [-0.25, -0.2) is 9.98 Å². The number of ether oxygens (including phenoxy) is 1. The second-order valence-electron chi connectivity index (χ2n) is 4.98. The maximum absolute atomic E-state index is 5.11. The fraction of sp³-hybridized carbons (Fsp3) is 0.600. The van der Waals surface area contributed by atoms with Crippen molar-refractivity contribution in [3.05, 3.63) is 23.9 Å². The van der Waals surface area contributed by atoms with Crippen LogP contribution < -0.4 is 15.4 Å². The van der Waals surface area contributed by atoms with Gasteiger partial charge in [0.25, 0.3) is 0 Å². The SMILES string of the molecule is CCNC(=NCc1cccc(OC)n1)NCCC(C)C. The summed E-state index contributed by atoms with van der Waals surface area (Å²) in [7, 11) is 1.62. The molecule has 0 aliphatic rings. The molecule has 1 heterocycles. The quantitative estimate of drug-likeness (QED) is 0.593. The average Bonchev–Trinajstić information content (AvgIpc) is 2.44. The molecule has 0 amide bonds. The molecule has 0 atom stereocenters. The van der Waals surface area contributed by atoms with Gasteiger partial charge in [-0.05, 0) is 25.3 Å². The molecule has 1 aromatic heterocycles. The van der Waals surface area contributed by atoms with E-state index in [1.54, 1.807) is 7.11 Å². The van der Waals surface area contributed by atoms with E-state index in [4.69, 9.17) is 4.74 Å². The summed E-state index contributed by atoms with van der Waals surface area (Å²) in [6, 6.07) is 5.71. The summed E-state index contributed by atoms with van der Waals surface area (Å²) in [6.45, 7) is 8.80. The number of hydrogen-bond donors (Lipinski definition) is 2. The van der Waals surface area contributed by atoms with Gasteiger partial charge in [0.1, 0.15) is 0 Å². The molecule has 112 valence electrons. The summed E-state index contributed by atoms with van der Waals surface area (Å²) in [4.78, 5) is 8.88. The van der Waals surface area contributed by atoms with Gasteiger partial charge in [-0.15, -0.1) is 0 Å². The van der Waals surface area contributed by atoms with Crippen LogP contribution in [0.3, 0.4) is 0 Å². The van der Waals surface area contributed by atoms with Crippen LogP contribution in [0, 0.1) is 5.92 Å². The number of nitrogens with zero attached hydrogens (tertiary/aromatic N) is 2. The maximum atomic E-state index is 5.11. The number of hydrogen-bond acceptors (Lipinski definition) is 3. The summed E-state index contributed by atoms with van der Waals surface area (Å²) in [5.41, 5.74) is 0.894. The maximum Gasteiger partial charge on any atom is 0.213 e. The van der Waals surface area contributed by atoms with Gasteiger partial charge >= 0.3 is 0 Å². The minimum atomic E-state index is 0.536. The number of aliphatic imine (C=N–C) groups is 1. The molecule has 2 N–H and O–H groups in total. The Labute approximate surface area is 121 Å². The third-order valence-corrected chi connectivity index (χ3v) is 2.75. The van der Waals surface area contributed by atoms with Crippen molar-refractivity contribution in [2.75, 3.05) is 20.2 Å². The molecule has 5 nitrogen and oxygen atoms in total. The first kappa shape index (κ1) is 16.3. The van der Waals surface area contributed by atoms with Crippen molar-refractivity contribution in [3.8, 4) is 5.88 Å². The van der Waals surface area contributed by atoms with Crippen molar-refractivity contribution in [2.45, 2.75) is 33.7 Å². The molecule has 0 aromatic carbocycles. The lowest BCUT2D eigenvalue weighted by molar-refractivity contribution is 0.396. The van der Waals surface area contributed by atoms with Crippen LogP contribution in [0.2, 0.25) is 0 Å². The Kier molecular flexibility index (Phi) is 7.47. The van der Waals surface area contributed by atoms with Crippen LogP contribution in [0.4, 0.5) is 0 Å². The summed E-state index contributed by atoms with van der Waals surface area (Å²) >= 11 is 0. The summed E-state index contributed by atoms with van der Waals surface area (Å²) < 4.78 is 5.11. The van der Waals surface area contributed by atoms with Gasteiger partial charge in [0.15, 0.2) is 5.96 Å². The number of guanidine groups is 1. The van der Waals surface area contributed by atoms with Crippen molar-refractivity contribution in [1.82, 2.24) is 15.6 Å². The van der Waals surface area contributed by atoms with Crippen LogP contribution in [0.25, 0.3) is 0 Å². The normalized spacial score (nSPS) is 11.6. The highest BCUT2D eigenvalue weighted by molar-refractivity contribution is 5.79. The van der Waals surface area contributed by atoms with Crippen LogP contribution in [0.5, 0.6) is 5.88 Å². The molecule has 0 aliphatic heterocycles. The fourth-order valence-electron chi connectivity index (χ4n) is 1.64. The van der Waals surface area contributed by atoms with E-state index in [1.165, 1.54) is 0 Å². The Morgan fingerprint density at radius 2 is 2.15 bits per heavy atom. The topological polar surface area (TPSA) is 58.5 Å². The number of pyridine rings is 1. The standard InChI is InChI=1S/C15H26N4O/c1-5-16-15(17-10-9-12(2)3)18-11-13-7-6-8-14(19-13)20-4/h6-8,12H,5,9-11H2,1-4H3,(H2,16,17,18). The van der Waals surface area contributed by atoms with E-state index < -0.39 is 0 Å². The molecule has 20 heavy (non-hydrogen) atoms. The Bertz CT molecular complexity index is 418. The first-order valence-corrected chi connectivity index (χ1v) is 7.17. The zero-order valence-electron chi connectivity index (χ0n) is 12.9. The highest BCUT2D eigenvalue weighted by atomic mass is 16.5. The van der Waals surface area contributed by atoms with Gasteiger partial charge in [0.2, 0.25) is 5.88 Å². The van der Waals surface area contributed by atoms with E-state index in [9.17, 15) is 0 Å². The second kappa shape index (κ2) is 9.18.